The van der Waals surface area contributed by atoms with Crippen molar-refractivity contribution in [3.63, 3.8) is 0 Å². The van der Waals surface area contributed by atoms with E-state index in [0.717, 1.165) is 38.9 Å². The molecule has 0 unspecified atom stereocenters. The van der Waals surface area contributed by atoms with Crippen molar-refractivity contribution in [2.45, 2.75) is 39.2 Å². The summed E-state index contributed by atoms with van der Waals surface area (Å²) < 4.78 is 0. The first-order valence-corrected chi connectivity index (χ1v) is 5.35. The highest BCUT2D eigenvalue weighted by atomic mass is 16.3. The van der Waals surface area contributed by atoms with Crippen LogP contribution in [0.15, 0.2) is 0 Å². The second kappa shape index (κ2) is 8.48. The number of hydrogen-bond donors (Lipinski definition) is 2. The van der Waals surface area contributed by atoms with E-state index in [1.165, 1.54) is 0 Å². The summed E-state index contributed by atoms with van der Waals surface area (Å²) >= 11 is 0. The predicted molar refractivity (Wildman–Crippen MR) is 56.7 cm³/mol. The van der Waals surface area contributed by atoms with Gasteiger partial charge in [0.15, 0.2) is 0 Å². The molecule has 3 heteroatoms. The summed E-state index contributed by atoms with van der Waals surface area (Å²) in [5, 5.41) is 8.90. The Hall–Kier alpha value is -0.120. The fraction of sp³-hybridized carbons (Fsp3) is 1.00. The molecule has 0 aliphatic heterocycles. The lowest BCUT2D eigenvalue weighted by atomic mass is 10.1. The van der Waals surface area contributed by atoms with Crippen LogP contribution in [0.4, 0.5) is 0 Å². The Morgan fingerprint density at radius 2 is 1.85 bits per heavy atom. The standard InChI is InChI=1S/C10H24N2O/c1-3-10(4-2)12(8-9-13)7-5-6-11/h10,13H,3-9,11H2,1-2H3. The third-order valence-corrected chi connectivity index (χ3v) is 2.50. The average Bonchev–Trinajstić information content (AvgIpc) is 2.16. The molecule has 80 valence electrons. The van der Waals surface area contributed by atoms with E-state index in [4.69, 9.17) is 10.8 Å². The van der Waals surface area contributed by atoms with Crippen molar-refractivity contribution < 1.29 is 5.11 Å². The van der Waals surface area contributed by atoms with Crippen LogP contribution in [0.5, 0.6) is 0 Å². The summed E-state index contributed by atoms with van der Waals surface area (Å²) in [6, 6.07) is 0.610. The first-order valence-electron chi connectivity index (χ1n) is 5.35. The zero-order valence-electron chi connectivity index (χ0n) is 9.00. The average molecular weight is 188 g/mol. The molecule has 0 aromatic heterocycles. The number of nitrogens with zero attached hydrogens (tertiary/aromatic N) is 1. The minimum Gasteiger partial charge on any atom is -0.395 e. The molecule has 0 aromatic carbocycles. The normalized spacial score (nSPS) is 11.5. The molecule has 0 aromatic rings. The fourth-order valence-corrected chi connectivity index (χ4v) is 1.70. The van der Waals surface area contributed by atoms with Crippen molar-refractivity contribution in [2.24, 2.45) is 5.73 Å². The maximum absolute atomic E-state index is 8.90. The van der Waals surface area contributed by atoms with Gasteiger partial charge in [-0.3, -0.25) is 4.90 Å². The van der Waals surface area contributed by atoms with E-state index in [-0.39, 0.29) is 6.61 Å². The molecule has 0 radical (unpaired) electrons. The number of aliphatic hydroxyl groups excluding tert-OH is 1. The summed E-state index contributed by atoms with van der Waals surface area (Å²) in [5.74, 6) is 0. The second-order valence-electron chi connectivity index (χ2n) is 3.37. The first-order chi connectivity index (χ1) is 6.29. The lowest BCUT2D eigenvalue weighted by Crippen LogP contribution is -2.38. The van der Waals surface area contributed by atoms with E-state index in [9.17, 15) is 0 Å². The number of rotatable bonds is 8. The molecule has 0 atom stereocenters. The van der Waals surface area contributed by atoms with E-state index in [1.54, 1.807) is 0 Å². The van der Waals surface area contributed by atoms with Gasteiger partial charge in [0.1, 0.15) is 0 Å². The molecule has 13 heavy (non-hydrogen) atoms. The van der Waals surface area contributed by atoms with Gasteiger partial charge in [0.2, 0.25) is 0 Å². The Morgan fingerprint density at radius 1 is 1.23 bits per heavy atom. The monoisotopic (exact) mass is 188 g/mol. The molecule has 0 spiro atoms. The van der Waals surface area contributed by atoms with Crippen LogP contribution in [-0.4, -0.2) is 42.3 Å². The second-order valence-corrected chi connectivity index (χ2v) is 3.37. The van der Waals surface area contributed by atoms with Gasteiger partial charge in [-0.1, -0.05) is 13.8 Å². The fourth-order valence-electron chi connectivity index (χ4n) is 1.70. The van der Waals surface area contributed by atoms with Crippen molar-refractivity contribution in [1.82, 2.24) is 4.90 Å². The van der Waals surface area contributed by atoms with Gasteiger partial charge in [-0.15, -0.1) is 0 Å². The van der Waals surface area contributed by atoms with E-state index >= 15 is 0 Å². The van der Waals surface area contributed by atoms with Gasteiger partial charge in [-0.25, -0.2) is 0 Å². The Kier molecular flexibility index (Phi) is 8.40. The number of nitrogens with two attached hydrogens (primary N) is 1. The smallest absolute Gasteiger partial charge is 0.0558 e. The van der Waals surface area contributed by atoms with Crippen LogP contribution in [0.25, 0.3) is 0 Å². The third kappa shape index (κ3) is 5.24. The number of aliphatic hydroxyl groups is 1. The molecule has 0 aliphatic rings. The van der Waals surface area contributed by atoms with Gasteiger partial charge >= 0.3 is 0 Å². The van der Waals surface area contributed by atoms with Crippen LogP contribution >= 0.6 is 0 Å². The van der Waals surface area contributed by atoms with Crippen molar-refractivity contribution in [3.05, 3.63) is 0 Å². The van der Waals surface area contributed by atoms with E-state index < -0.39 is 0 Å². The highest BCUT2D eigenvalue weighted by molar-refractivity contribution is 4.68. The van der Waals surface area contributed by atoms with Gasteiger partial charge in [0.25, 0.3) is 0 Å². The highest BCUT2D eigenvalue weighted by Crippen LogP contribution is 2.08. The zero-order valence-corrected chi connectivity index (χ0v) is 9.00. The zero-order chi connectivity index (χ0) is 10.1. The minimum absolute atomic E-state index is 0.251. The van der Waals surface area contributed by atoms with Crippen LogP contribution in [0, 0.1) is 0 Å². The quantitative estimate of drug-likeness (QED) is 0.593. The van der Waals surface area contributed by atoms with Gasteiger partial charge < -0.3 is 10.8 Å². The SMILES string of the molecule is CCC(CC)N(CCO)CCCN. The maximum Gasteiger partial charge on any atom is 0.0558 e. The molecular formula is C10H24N2O. The first kappa shape index (κ1) is 12.9. The van der Waals surface area contributed by atoms with Crippen molar-refractivity contribution in [1.29, 1.82) is 0 Å². The lowest BCUT2D eigenvalue weighted by Gasteiger charge is -2.29. The molecule has 0 bridgehead atoms. The topological polar surface area (TPSA) is 49.5 Å². The molecule has 3 N–H and O–H groups in total. The van der Waals surface area contributed by atoms with E-state index in [2.05, 4.69) is 18.7 Å². The Labute approximate surface area is 81.9 Å². The molecular weight excluding hydrogens is 164 g/mol. The molecule has 0 fully saturated rings. The molecule has 0 saturated carbocycles. The third-order valence-electron chi connectivity index (χ3n) is 2.50. The largest absolute Gasteiger partial charge is 0.395 e. The Balaban J connectivity index is 3.88. The Morgan fingerprint density at radius 3 is 2.23 bits per heavy atom. The van der Waals surface area contributed by atoms with E-state index in [1.807, 2.05) is 0 Å². The molecule has 0 aliphatic carbocycles. The number of hydrogen-bond acceptors (Lipinski definition) is 3. The summed E-state index contributed by atoms with van der Waals surface area (Å²) in [7, 11) is 0. The van der Waals surface area contributed by atoms with Crippen LogP contribution in [-0.2, 0) is 0 Å². The van der Waals surface area contributed by atoms with Crippen LogP contribution < -0.4 is 5.73 Å². The summed E-state index contributed by atoms with van der Waals surface area (Å²) in [5.41, 5.74) is 5.47. The summed E-state index contributed by atoms with van der Waals surface area (Å²) in [6.07, 6.45) is 3.33. The predicted octanol–water partition coefficient (Wildman–Crippen LogP) is 0.818. The maximum atomic E-state index is 8.90. The molecule has 0 saturated heterocycles. The summed E-state index contributed by atoms with van der Waals surface area (Å²) in [6.45, 7) is 7.18. The van der Waals surface area contributed by atoms with Crippen LogP contribution in [0.2, 0.25) is 0 Å². The highest BCUT2D eigenvalue weighted by Gasteiger charge is 2.12. The summed E-state index contributed by atoms with van der Waals surface area (Å²) in [4.78, 5) is 2.34. The Bertz CT molecular complexity index is 105. The van der Waals surface area contributed by atoms with Gasteiger partial charge in [-0.2, -0.15) is 0 Å². The van der Waals surface area contributed by atoms with Gasteiger partial charge in [0.05, 0.1) is 6.61 Å². The van der Waals surface area contributed by atoms with Crippen molar-refractivity contribution in [3.8, 4) is 0 Å². The molecule has 3 nitrogen and oxygen atoms in total. The van der Waals surface area contributed by atoms with Crippen molar-refractivity contribution >= 4 is 0 Å². The van der Waals surface area contributed by atoms with Crippen LogP contribution in [0.1, 0.15) is 33.1 Å². The van der Waals surface area contributed by atoms with E-state index in [0.29, 0.717) is 6.04 Å². The van der Waals surface area contributed by atoms with Gasteiger partial charge in [-0.05, 0) is 32.4 Å². The minimum atomic E-state index is 0.251. The van der Waals surface area contributed by atoms with Crippen molar-refractivity contribution in [2.75, 3.05) is 26.2 Å². The van der Waals surface area contributed by atoms with Crippen LogP contribution in [0.3, 0.4) is 0 Å². The molecule has 0 rings (SSSR count). The van der Waals surface area contributed by atoms with Gasteiger partial charge in [0, 0.05) is 12.6 Å². The molecule has 0 amide bonds. The molecule has 0 heterocycles. The lowest BCUT2D eigenvalue weighted by molar-refractivity contribution is 0.143.